The summed E-state index contributed by atoms with van der Waals surface area (Å²) in [5.74, 6) is 1.64. The number of hydrogen-bond acceptors (Lipinski definition) is 4. The number of rotatable bonds is 9. The van der Waals surface area contributed by atoms with Gasteiger partial charge in [0.05, 0.1) is 19.3 Å². The standard InChI is InChI=1S/C15H25NO3/c1-4-9-18-14-5-7-15(8-6-14)19-11-13(10-17)16-12(2)3/h5-8,12-13,16-17H,4,9-11H2,1-3H3. The number of hydrogen-bond donors (Lipinski definition) is 2. The van der Waals surface area contributed by atoms with Gasteiger partial charge in [-0.25, -0.2) is 0 Å². The Balaban J connectivity index is 2.39. The first-order valence-corrected chi connectivity index (χ1v) is 6.88. The monoisotopic (exact) mass is 267 g/mol. The van der Waals surface area contributed by atoms with Crippen molar-refractivity contribution in [3.8, 4) is 11.5 Å². The zero-order valence-electron chi connectivity index (χ0n) is 12.1. The van der Waals surface area contributed by atoms with Crippen LogP contribution >= 0.6 is 0 Å². The van der Waals surface area contributed by atoms with Crippen LogP contribution in [-0.2, 0) is 0 Å². The Morgan fingerprint density at radius 2 is 1.68 bits per heavy atom. The summed E-state index contributed by atoms with van der Waals surface area (Å²) in [6.45, 7) is 7.41. The van der Waals surface area contributed by atoms with Gasteiger partial charge in [0.15, 0.2) is 0 Å². The molecule has 0 aliphatic carbocycles. The first kappa shape index (κ1) is 15.8. The van der Waals surface area contributed by atoms with Crippen molar-refractivity contribution in [3.63, 3.8) is 0 Å². The lowest BCUT2D eigenvalue weighted by molar-refractivity contribution is 0.177. The lowest BCUT2D eigenvalue weighted by Crippen LogP contribution is -2.41. The molecule has 19 heavy (non-hydrogen) atoms. The molecule has 0 saturated heterocycles. The molecule has 4 nitrogen and oxygen atoms in total. The van der Waals surface area contributed by atoms with Gasteiger partial charge in [0.1, 0.15) is 18.1 Å². The van der Waals surface area contributed by atoms with Gasteiger partial charge in [-0.2, -0.15) is 0 Å². The molecule has 1 unspecified atom stereocenters. The molecule has 108 valence electrons. The molecule has 0 amide bonds. The topological polar surface area (TPSA) is 50.7 Å². The van der Waals surface area contributed by atoms with Crippen molar-refractivity contribution in [3.05, 3.63) is 24.3 Å². The first-order chi connectivity index (χ1) is 9.15. The molecule has 0 saturated carbocycles. The van der Waals surface area contributed by atoms with Gasteiger partial charge in [0.25, 0.3) is 0 Å². The van der Waals surface area contributed by atoms with Crippen LogP contribution in [0.4, 0.5) is 0 Å². The SMILES string of the molecule is CCCOc1ccc(OCC(CO)NC(C)C)cc1. The number of benzene rings is 1. The highest BCUT2D eigenvalue weighted by Crippen LogP contribution is 2.17. The Morgan fingerprint density at radius 1 is 1.11 bits per heavy atom. The minimum Gasteiger partial charge on any atom is -0.494 e. The van der Waals surface area contributed by atoms with Crippen molar-refractivity contribution in [1.82, 2.24) is 5.32 Å². The van der Waals surface area contributed by atoms with Crippen LogP contribution in [0.3, 0.4) is 0 Å². The van der Waals surface area contributed by atoms with E-state index in [4.69, 9.17) is 9.47 Å². The van der Waals surface area contributed by atoms with Crippen LogP contribution < -0.4 is 14.8 Å². The summed E-state index contributed by atoms with van der Waals surface area (Å²) in [6, 6.07) is 7.84. The smallest absolute Gasteiger partial charge is 0.119 e. The van der Waals surface area contributed by atoms with Crippen molar-refractivity contribution in [2.24, 2.45) is 0 Å². The van der Waals surface area contributed by atoms with Crippen molar-refractivity contribution in [1.29, 1.82) is 0 Å². The summed E-state index contributed by atoms with van der Waals surface area (Å²) >= 11 is 0. The van der Waals surface area contributed by atoms with E-state index in [0.29, 0.717) is 12.6 Å². The van der Waals surface area contributed by atoms with Crippen LogP contribution in [0.15, 0.2) is 24.3 Å². The second-order valence-electron chi connectivity index (χ2n) is 4.83. The highest BCUT2D eigenvalue weighted by Gasteiger charge is 2.09. The number of aliphatic hydroxyl groups is 1. The molecule has 0 aliphatic heterocycles. The van der Waals surface area contributed by atoms with E-state index in [1.807, 2.05) is 38.1 Å². The third kappa shape index (κ3) is 6.45. The normalized spacial score (nSPS) is 12.5. The third-order valence-corrected chi connectivity index (χ3v) is 2.54. The predicted octanol–water partition coefficient (Wildman–Crippen LogP) is 2.21. The fraction of sp³-hybridized carbons (Fsp3) is 0.600. The van der Waals surface area contributed by atoms with Crippen LogP contribution in [0, 0.1) is 0 Å². The van der Waals surface area contributed by atoms with Crippen LogP contribution in [0.5, 0.6) is 11.5 Å². The first-order valence-electron chi connectivity index (χ1n) is 6.88. The van der Waals surface area contributed by atoms with Crippen molar-refractivity contribution >= 4 is 0 Å². The number of aliphatic hydroxyl groups excluding tert-OH is 1. The average molecular weight is 267 g/mol. The minimum absolute atomic E-state index is 0.0454. The van der Waals surface area contributed by atoms with Crippen molar-refractivity contribution in [2.45, 2.75) is 39.3 Å². The Labute approximate surface area is 115 Å². The van der Waals surface area contributed by atoms with Crippen LogP contribution in [0.2, 0.25) is 0 Å². The van der Waals surface area contributed by atoms with Crippen molar-refractivity contribution < 1.29 is 14.6 Å². The summed E-state index contributed by atoms with van der Waals surface area (Å²) < 4.78 is 11.1. The molecule has 1 aromatic carbocycles. The van der Waals surface area contributed by atoms with Crippen LogP contribution in [0.25, 0.3) is 0 Å². The summed E-state index contributed by atoms with van der Waals surface area (Å²) in [5, 5.41) is 12.5. The minimum atomic E-state index is -0.0454. The zero-order chi connectivity index (χ0) is 14.1. The maximum atomic E-state index is 9.23. The summed E-state index contributed by atoms with van der Waals surface area (Å²) in [4.78, 5) is 0. The van der Waals surface area contributed by atoms with Gasteiger partial charge in [0.2, 0.25) is 0 Å². The second kappa shape index (κ2) is 8.77. The quantitative estimate of drug-likeness (QED) is 0.720. The maximum absolute atomic E-state index is 9.23. The summed E-state index contributed by atoms with van der Waals surface area (Å²) in [5.41, 5.74) is 0. The van der Waals surface area contributed by atoms with Gasteiger partial charge < -0.3 is 19.9 Å². The highest BCUT2D eigenvalue weighted by molar-refractivity contribution is 5.31. The van der Waals surface area contributed by atoms with E-state index in [2.05, 4.69) is 12.2 Å². The van der Waals surface area contributed by atoms with Gasteiger partial charge in [0, 0.05) is 6.04 Å². The predicted molar refractivity (Wildman–Crippen MR) is 76.9 cm³/mol. The Bertz CT molecular complexity index is 338. The Morgan fingerprint density at radius 3 is 2.16 bits per heavy atom. The summed E-state index contributed by atoms with van der Waals surface area (Å²) in [7, 11) is 0. The molecular formula is C15H25NO3. The van der Waals surface area contributed by atoms with E-state index in [1.165, 1.54) is 0 Å². The highest BCUT2D eigenvalue weighted by atomic mass is 16.5. The molecule has 4 heteroatoms. The van der Waals surface area contributed by atoms with E-state index in [0.717, 1.165) is 24.5 Å². The van der Waals surface area contributed by atoms with Gasteiger partial charge in [-0.15, -0.1) is 0 Å². The molecule has 0 spiro atoms. The maximum Gasteiger partial charge on any atom is 0.119 e. The van der Waals surface area contributed by atoms with E-state index in [1.54, 1.807) is 0 Å². The summed E-state index contributed by atoms with van der Waals surface area (Å²) in [6.07, 6.45) is 0.997. The van der Waals surface area contributed by atoms with E-state index < -0.39 is 0 Å². The average Bonchev–Trinajstić information content (AvgIpc) is 2.42. The lowest BCUT2D eigenvalue weighted by Gasteiger charge is -2.19. The molecule has 1 rings (SSSR count). The zero-order valence-corrected chi connectivity index (χ0v) is 12.1. The van der Waals surface area contributed by atoms with Gasteiger partial charge >= 0.3 is 0 Å². The van der Waals surface area contributed by atoms with E-state index in [9.17, 15) is 5.11 Å². The van der Waals surface area contributed by atoms with Crippen molar-refractivity contribution in [2.75, 3.05) is 19.8 Å². The van der Waals surface area contributed by atoms with Gasteiger partial charge in [-0.3, -0.25) is 0 Å². The molecule has 0 aliphatic rings. The Kier molecular flexibility index (Phi) is 7.30. The van der Waals surface area contributed by atoms with Crippen LogP contribution in [0.1, 0.15) is 27.2 Å². The fourth-order valence-electron chi connectivity index (χ4n) is 1.67. The van der Waals surface area contributed by atoms with Gasteiger partial charge in [-0.1, -0.05) is 20.8 Å². The molecule has 1 atom stereocenters. The number of nitrogens with one attached hydrogen (secondary N) is 1. The van der Waals surface area contributed by atoms with E-state index in [-0.39, 0.29) is 12.6 Å². The number of ether oxygens (including phenoxy) is 2. The van der Waals surface area contributed by atoms with Gasteiger partial charge in [-0.05, 0) is 30.7 Å². The van der Waals surface area contributed by atoms with Crippen LogP contribution in [-0.4, -0.2) is 37.0 Å². The molecule has 0 bridgehead atoms. The molecule has 2 N–H and O–H groups in total. The second-order valence-corrected chi connectivity index (χ2v) is 4.83. The van der Waals surface area contributed by atoms with E-state index >= 15 is 0 Å². The lowest BCUT2D eigenvalue weighted by atomic mass is 10.2. The molecule has 1 aromatic rings. The third-order valence-electron chi connectivity index (χ3n) is 2.54. The fourth-order valence-corrected chi connectivity index (χ4v) is 1.67. The molecule has 0 fully saturated rings. The Hall–Kier alpha value is -1.26. The molecule has 0 heterocycles. The largest absolute Gasteiger partial charge is 0.494 e. The molecule has 0 aromatic heterocycles. The molecular weight excluding hydrogens is 242 g/mol. The molecule has 0 radical (unpaired) electrons.